The summed E-state index contributed by atoms with van der Waals surface area (Å²) in [6.45, 7) is 7.47. The molecule has 0 radical (unpaired) electrons. The molecule has 2 aromatic heterocycles. The molecule has 0 unspecified atom stereocenters. The van der Waals surface area contributed by atoms with E-state index in [1.54, 1.807) is 18.4 Å². The number of nitrogens with zero attached hydrogens (tertiary/aromatic N) is 4. The van der Waals surface area contributed by atoms with Crippen LogP contribution in [0.4, 0.5) is 5.69 Å². The van der Waals surface area contributed by atoms with Gasteiger partial charge < -0.3 is 10.1 Å². The quantitative estimate of drug-likeness (QED) is 0.390. The van der Waals surface area contributed by atoms with Crippen LogP contribution in [0.5, 0.6) is 5.75 Å². The number of anilines is 1. The van der Waals surface area contributed by atoms with E-state index in [2.05, 4.69) is 36.5 Å². The molecule has 4 rings (SSSR count). The molecular weight excluding hydrogens is 478 g/mol. The van der Waals surface area contributed by atoms with Gasteiger partial charge in [-0.1, -0.05) is 46.3 Å². The number of halogens is 1. The molecule has 0 spiro atoms. The van der Waals surface area contributed by atoms with Gasteiger partial charge in [-0.2, -0.15) is 9.61 Å². The Morgan fingerprint density at radius 3 is 2.65 bits per heavy atom. The monoisotopic (exact) mass is 499 g/mol. The van der Waals surface area contributed by atoms with Crippen molar-refractivity contribution in [3.63, 3.8) is 0 Å². The summed E-state index contributed by atoms with van der Waals surface area (Å²) in [4.78, 5) is 13.8. The summed E-state index contributed by atoms with van der Waals surface area (Å²) in [6.07, 6.45) is 0.757. The molecule has 0 saturated heterocycles. The molecule has 0 fully saturated rings. The molecule has 1 amide bonds. The van der Waals surface area contributed by atoms with E-state index in [0.29, 0.717) is 5.75 Å². The van der Waals surface area contributed by atoms with Crippen molar-refractivity contribution in [3.8, 4) is 16.3 Å². The molecule has 0 aliphatic heterocycles. The fourth-order valence-electron chi connectivity index (χ4n) is 3.00. The fraction of sp³-hybridized carbons (Fsp3) is 0.273. The third-order valence-corrected chi connectivity index (χ3v) is 6.31. The predicted molar refractivity (Wildman–Crippen MR) is 126 cm³/mol. The van der Waals surface area contributed by atoms with Gasteiger partial charge in [-0.3, -0.25) is 4.79 Å². The number of aromatic nitrogens is 4. The molecule has 0 aliphatic rings. The molecular formula is C22H22BrN5O2S. The molecule has 2 heterocycles. The van der Waals surface area contributed by atoms with Crippen molar-refractivity contribution >= 4 is 43.8 Å². The normalized spacial score (nSPS) is 11.6. The largest absolute Gasteiger partial charge is 0.478 e. The maximum Gasteiger partial charge on any atom is 0.267 e. The first kappa shape index (κ1) is 21.5. The highest BCUT2D eigenvalue weighted by molar-refractivity contribution is 9.10. The van der Waals surface area contributed by atoms with Crippen molar-refractivity contribution in [3.05, 3.63) is 58.3 Å². The van der Waals surface area contributed by atoms with E-state index in [-0.39, 0.29) is 5.91 Å². The van der Waals surface area contributed by atoms with E-state index < -0.39 is 5.60 Å². The van der Waals surface area contributed by atoms with E-state index in [1.165, 1.54) is 11.3 Å². The summed E-state index contributed by atoms with van der Waals surface area (Å²) < 4.78 is 8.66. The highest BCUT2D eigenvalue weighted by Crippen LogP contribution is 2.30. The molecule has 31 heavy (non-hydrogen) atoms. The number of ether oxygens (including phenoxy) is 1. The van der Waals surface area contributed by atoms with Crippen LogP contribution in [0, 0.1) is 6.92 Å². The zero-order valence-corrected chi connectivity index (χ0v) is 20.0. The lowest BCUT2D eigenvalue weighted by Gasteiger charge is -2.26. The van der Waals surface area contributed by atoms with Crippen LogP contribution in [0.15, 0.2) is 46.9 Å². The summed E-state index contributed by atoms with van der Waals surface area (Å²) in [5.74, 6) is 1.22. The van der Waals surface area contributed by atoms with E-state index >= 15 is 0 Å². The SMILES string of the molecule is CCc1nnc2sc(-c3ccc(C)c(NC(=O)C(C)(C)Oc4ccc(Br)cc4)c3)nn12. The first-order valence-corrected chi connectivity index (χ1v) is 11.5. The third kappa shape index (κ3) is 4.47. The van der Waals surface area contributed by atoms with Crippen LogP contribution in [-0.2, 0) is 11.2 Å². The second-order valence-electron chi connectivity index (χ2n) is 7.62. The van der Waals surface area contributed by atoms with Crippen LogP contribution in [0.3, 0.4) is 0 Å². The van der Waals surface area contributed by atoms with E-state index in [4.69, 9.17) is 4.74 Å². The van der Waals surface area contributed by atoms with Crippen LogP contribution in [-0.4, -0.2) is 31.3 Å². The lowest BCUT2D eigenvalue weighted by atomic mass is 10.1. The number of hydrogen-bond acceptors (Lipinski definition) is 6. The lowest BCUT2D eigenvalue weighted by molar-refractivity contribution is -0.128. The minimum atomic E-state index is -1.06. The van der Waals surface area contributed by atoms with Crippen LogP contribution >= 0.6 is 27.3 Å². The molecule has 0 atom stereocenters. The van der Waals surface area contributed by atoms with Gasteiger partial charge in [0.15, 0.2) is 11.4 Å². The van der Waals surface area contributed by atoms with Gasteiger partial charge in [0.25, 0.3) is 5.91 Å². The van der Waals surface area contributed by atoms with Crippen LogP contribution in [0.25, 0.3) is 15.5 Å². The first-order valence-electron chi connectivity index (χ1n) is 9.85. The number of hydrogen-bond donors (Lipinski definition) is 1. The number of aryl methyl sites for hydroxylation is 2. The van der Waals surface area contributed by atoms with Gasteiger partial charge >= 0.3 is 0 Å². The van der Waals surface area contributed by atoms with E-state index in [1.807, 2.05) is 56.3 Å². The molecule has 160 valence electrons. The molecule has 7 nitrogen and oxygen atoms in total. The summed E-state index contributed by atoms with van der Waals surface area (Å²) in [5.41, 5.74) is 1.52. The number of rotatable bonds is 6. The zero-order valence-electron chi connectivity index (χ0n) is 17.6. The van der Waals surface area contributed by atoms with Gasteiger partial charge in [-0.15, -0.1) is 10.2 Å². The number of amides is 1. The van der Waals surface area contributed by atoms with Gasteiger partial charge in [0.2, 0.25) is 4.96 Å². The van der Waals surface area contributed by atoms with E-state index in [0.717, 1.165) is 43.5 Å². The van der Waals surface area contributed by atoms with E-state index in [9.17, 15) is 4.79 Å². The van der Waals surface area contributed by atoms with Crippen molar-refractivity contribution in [1.82, 2.24) is 19.8 Å². The molecule has 1 N–H and O–H groups in total. The Hall–Kier alpha value is -2.78. The number of benzene rings is 2. The number of nitrogens with one attached hydrogen (secondary N) is 1. The predicted octanol–water partition coefficient (Wildman–Crippen LogP) is 5.28. The highest BCUT2D eigenvalue weighted by Gasteiger charge is 2.30. The number of carbonyl (C=O) groups excluding carboxylic acids is 1. The topological polar surface area (TPSA) is 81.4 Å². The lowest BCUT2D eigenvalue weighted by Crippen LogP contribution is -2.42. The van der Waals surface area contributed by atoms with Crippen LogP contribution < -0.4 is 10.1 Å². The van der Waals surface area contributed by atoms with Crippen molar-refractivity contribution in [2.75, 3.05) is 5.32 Å². The summed E-state index contributed by atoms with van der Waals surface area (Å²) >= 11 is 4.87. The van der Waals surface area contributed by atoms with Crippen molar-refractivity contribution in [2.45, 2.75) is 39.7 Å². The number of fused-ring (bicyclic) bond motifs is 1. The summed E-state index contributed by atoms with van der Waals surface area (Å²) in [5, 5.41) is 16.8. The van der Waals surface area contributed by atoms with Gasteiger partial charge in [-0.25, -0.2) is 0 Å². The maximum absolute atomic E-state index is 13.0. The molecule has 0 bridgehead atoms. The summed E-state index contributed by atoms with van der Waals surface area (Å²) in [6, 6.07) is 13.3. The van der Waals surface area contributed by atoms with Crippen molar-refractivity contribution < 1.29 is 9.53 Å². The van der Waals surface area contributed by atoms with Crippen molar-refractivity contribution in [1.29, 1.82) is 0 Å². The first-order chi connectivity index (χ1) is 14.8. The minimum Gasteiger partial charge on any atom is -0.478 e. The van der Waals surface area contributed by atoms with Crippen LogP contribution in [0.1, 0.15) is 32.2 Å². The third-order valence-electron chi connectivity index (χ3n) is 4.84. The molecule has 4 aromatic rings. The van der Waals surface area contributed by atoms with Gasteiger partial charge in [0.05, 0.1) is 0 Å². The second-order valence-corrected chi connectivity index (χ2v) is 9.49. The molecule has 9 heteroatoms. The Labute approximate surface area is 192 Å². The fourth-order valence-corrected chi connectivity index (χ4v) is 4.12. The zero-order chi connectivity index (χ0) is 22.2. The van der Waals surface area contributed by atoms with Gasteiger partial charge in [0, 0.05) is 22.1 Å². The average Bonchev–Trinajstić information content (AvgIpc) is 3.32. The summed E-state index contributed by atoms with van der Waals surface area (Å²) in [7, 11) is 0. The molecule has 0 saturated carbocycles. The maximum atomic E-state index is 13.0. The van der Waals surface area contributed by atoms with Gasteiger partial charge in [0.1, 0.15) is 10.8 Å². The Balaban J connectivity index is 1.56. The Bertz CT molecular complexity index is 1250. The minimum absolute atomic E-state index is 0.234. The van der Waals surface area contributed by atoms with Gasteiger partial charge in [-0.05, 0) is 56.7 Å². The molecule has 2 aromatic carbocycles. The number of carbonyl (C=O) groups is 1. The average molecular weight is 500 g/mol. The van der Waals surface area contributed by atoms with Crippen LogP contribution in [0.2, 0.25) is 0 Å². The Kier molecular flexibility index (Phi) is 5.81. The standard InChI is InChI=1S/C22H22BrN5O2S/c1-5-18-25-26-21-28(18)27-19(31-21)14-7-6-13(2)17(12-14)24-20(29)22(3,4)30-16-10-8-15(23)9-11-16/h6-12H,5H2,1-4H3,(H,24,29). The Morgan fingerprint density at radius 1 is 1.19 bits per heavy atom. The molecule has 0 aliphatic carbocycles. The van der Waals surface area contributed by atoms with Crippen molar-refractivity contribution in [2.24, 2.45) is 0 Å². The smallest absolute Gasteiger partial charge is 0.267 e. The second kappa shape index (κ2) is 8.39. The Morgan fingerprint density at radius 2 is 1.94 bits per heavy atom. The highest BCUT2D eigenvalue weighted by atomic mass is 79.9.